The van der Waals surface area contributed by atoms with Crippen molar-refractivity contribution in [1.29, 1.82) is 0 Å². The minimum absolute atomic E-state index is 0.0459. The molecule has 0 atom stereocenters. The van der Waals surface area contributed by atoms with E-state index in [2.05, 4.69) is 15.3 Å². The van der Waals surface area contributed by atoms with Gasteiger partial charge in [-0.15, -0.1) is 0 Å². The molecule has 1 aliphatic carbocycles. The van der Waals surface area contributed by atoms with Gasteiger partial charge in [0.2, 0.25) is 0 Å². The van der Waals surface area contributed by atoms with Crippen LogP contribution in [0.25, 0.3) is 0 Å². The molecule has 110 valence electrons. The van der Waals surface area contributed by atoms with Crippen LogP contribution in [0.4, 0.5) is 5.82 Å². The molecule has 1 saturated carbocycles. The average molecular weight is 284 g/mol. The molecule has 2 aromatic heterocycles. The Kier molecular flexibility index (Phi) is 3.64. The first-order chi connectivity index (χ1) is 10.2. The van der Waals surface area contributed by atoms with Crippen LogP contribution in [-0.4, -0.2) is 30.0 Å². The minimum atomic E-state index is -0.0459. The Hall–Kier alpha value is -2.30. The van der Waals surface area contributed by atoms with E-state index in [4.69, 9.17) is 0 Å². The second-order valence-electron chi connectivity index (χ2n) is 5.65. The zero-order valence-electron chi connectivity index (χ0n) is 12.4. The van der Waals surface area contributed by atoms with Crippen LogP contribution in [0, 0.1) is 0 Å². The number of H-pyrrole nitrogens is 1. The van der Waals surface area contributed by atoms with Crippen molar-refractivity contribution in [2.45, 2.75) is 25.3 Å². The van der Waals surface area contributed by atoms with E-state index in [1.807, 2.05) is 43.4 Å². The molecule has 21 heavy (non-hydrogen) atoms. The highest BCUT2D eigenvalue weighted by Crippen LogP contribution is 2.41. The first-order valence-electron chi connectivity index (χ1n) is 7.23. The fourth-order valence-electron chi connectivity index (χ4n) is 2.55. The Morgan fingerprint density at radius 3 is 2.95 bits per heavy atom. The van der Waals surface area contributed by atoms with Crippen LogP contribution in [0.15, 0.2) is 30.6 Å². The van der Waals surface area contributed by atoms with Gasteiger partial charge < -0.3 is 15.2 Å². The SMILES string of the molecule is CN(C)c1ncccc1CNC(=O)c1[nH]ccc1C1CC1. The number of hydrogen-bond donors (Lipinski definition) is 2. The zero-order chi connectivity index (χ0) is 14.8. The Morgan fingerprint density at radius 1 is 1.43 bits per heavy atom. The van der Waals surface area contributed by atoms with Crippen molar-refractivity contribution in [3.63, 3.8) is 0 Å². The Labute approximate surface area is 124 Å². The number of nitrogens with zero attached hydrogens (tertiary/aromatic N) is 2. The number of amides is 1. The van der Waals surface area contributed by atoms with Gasteiger partial charge >= 0.3 is 0 Å². The maximum absolute atomic E-state index is 12.3. The molecule has 2 aromatic rings. The van der Waals surface area contributed by atoms with Gasteiger partial charge in [0.1, 0.15) is 11.5 Å². The van der Waals surface area contributed by atoms with E-state index in [0.717, 1.165) is 16.9 Å². The largest absolute Gasteiger partial charge is 0.362 e. The molecular formula is C16H20N4O. The summed E-state index contributed by atoms with van der Waals surface area (Å²) in [4.78, 5) is 21.7. The lowest BCUT2D eigenvalue weighted by Crippen LogP contribution is -2.25. The zero-order valence-corrected chi connectivity index (χ0v) is 12.4. The van der Waals surface area contributed by atoms with Crippen molar-refractivity contribution in [2.75, 3.05) is 19.0 Å². The molecule has 0 saturated heterocycles. The highest BCUT2D eigenvalue weighted by Gasteiger charge is 2.28. The molecule has 0 radical (unpaired) electrons. The number of anilines is 1. The lowest BCUT2D eigenvalue weighted by Gasteiger charge is -2.16. The van der Waals surface area contributed by atoms with E-state index in [-0.39, 0.29) is 5.91 Å². The number of hydrogen-bond acceptors (Lipinski definition) is 3. The van der Waals surface area contributed by atoms with Crippen molar-refractivity contribution < 1.29 is 4.79 Å². The molecule has 2 N–H and O–H groups in total. The Balaban J connectivity index is 1.70. The van der Waals surface area contributed by atoms with Gasteiger partial charge in [0.25, 0.3) is 5.91 Å². The van der Waals surface area contributed by atoms with Crippen molar-refractivity contribution in [1.82, 2.24) is 15.3 Å². The maximum Gasteiger partial charge on any atom is 0.268 e. The molecular weight excluding hydrogens is 264 g/mol. The number of carbonyl (C=O) groups is 1. The molecule has 1 amide bonds. The topological polar surface area (TPSA) is 61.0 Å². The summed E-state index contributed by atoms with van der Waals surface area (Å²) in [5.41, 5.74) is 2.86. The average Bonchev–Trinajstić information content (AvgIpc) is 3.22. The lowest BCUT2D eigenvalue weighted by atomic mass is 10.1. The number of nitrogens with one attached hydrogen (secondary N) is 2. The third-order valence-corrected chi connectivity index (χ3v) is 3.75. The molecule has 1 fully saturated rings. The lowest BCUT2D eigenvalue weighted by molar-refractivity contribution is 0.0945. The molecule has 2 heterocycles. The number of aromatic nitrogens is 2. The van der Waals surface area contributed by atoms with Gasteiger partial charge in [0.15, 0.2) is 0 Å². The molecule has 3 rings (SSSR count). The fourth-order valence-corrected chi connectivity index (χ4v) is 2.55. The standard InChI is InChI=1S/C16H20N4O/c1-20(2)15-12(4-3-8-18-15)10-19-16(21)14-13(7-9-17-14)11-5-6-11/h3-4,7-9,11,17H,5-6,10H2,1-2H3,(H,19,21). The predicted molar refractivity (Wildman–Crippen MR) is 82.5 cm³/mol. The van der Waals surface area contributed by atoms with Crippen LogP contribution in [0.2, 0.25) is 0 Å². The highest BCUT2D eigenvalue weighted by molar-refractivity contribution is 5.94. The normalized spacial score (nSPS) is 14.0. The molecule has 0 bridgehead atoms. The van der Waals surface area contributed by atoms with Crippen LogP contribution in [-0.2, 0) is 6.54 Å². The van der Waals surface area contributed by atoms with Crippen LogP contribution >= 0.6 is 0 Å². The van der Waals surface area contributed by atoms with Crippen LogP contribution in [0.5, 0.6) is 0 Å². The van der Waals surface area contributed by atoms with Gasteiger partial charge in [-0.2, -0.15) is 0 Å². The number of rotatable bonds is 5. The fraction of sp³-hybridized carbons (Fsp3) is 0.375. The van der Waals surface area contributed by atoms with Gasteiger partial charge in [-0.3, -0.25) is 4.79 Å². The first kappa shape index (κ1) is 13.7. The third-order valence-electron chi connectivity index (χ3n) is 3.75. The summed E-state index contributed by atoms with van der Waals surface area (Å²) < 4.78 is 0. The van der Waals surface area contributed by atoms with Gasteiger partial charge in [0.05, 0.1) is 0 Å². The summed E-state index contributed by atoms with van der Waals surface area (Å²) in [6.45, 7) is 0.476. The predicted octanol–water partition coefficient (Wildman–Crippen LogP) is 2.28. The summed E-state index contributed by atoms with van der Waals surface area (Å²) >= 11 is 0. The molecule has 0 aliphatic heterocycles. The number of pyridine rings is 1. The molecule has 0 spiro atoms. The van der Waals surface area contributed by atoms with Crippen molar-refractivity contribution in [2.24, 2.45) is 0 Å². The van der Waals surface area contributed by atoms with E-state index >= 15 is 0 Å². The second-order valence-corrected chi connectivity index (χ2v) is 5.65. The number of aromatic amines is 1. The summed E-state index contributed by atoms with van der Waals surface area (Å²) in [5.74, 6) is 1.40. The highest BCUT2D eigenvalue weighted by atomic mass is 16.1. The molecule has 5 heteroatoms. The molecule has 1 aliphatic rings. The van der Waals surface area contributed by atoms with Crippen LogP contribution in [0.1, 0.15) is 40.4 Å². The monoisotopic (exact) mass is 284 g/mol. The van der Waals surface area contributed by atoms with E-state index in [1.165, 1.54) is 12.8 Å². The summed E-state index contributed by atoms with van der Waals surface area (Å²) in [6, 6.07) is 5.89. The Morgan fingerprint density at radius 2 is 2.24 bits per heavy atom. The quantitative estimate of drug-likeness (QED) is 0.885. The molecule has 0 unspecified atom stereocenters. The van der Waals surface area contributed by atoms with E-state index in [1.54, 1.807) is 6.20 Å². The smallest absolute Gasteiger partial charge is 0.268 e. The van der Waals surface area contributed by atoms with Crippen LogP contribution < -0.4 is 10.2 Å². The van der Waals surface area contributed by atoms with Crippen molar-refractivity contribution in [3.8, 4) is 0 Å². The van der Waals surface area contributed by atoms with E-state index < -0.39 is 0 Å². The number of carbonyl (C=O) groups excluding carboxylic acids is 1. The molecule has 0 aromatic carbocycles. The van der Waals surface area contributed by atoms with Gasteiger partial charge in [-0.25, -0.2) is 4.98 Å². The maximum atomic E-state index is 12.3. The van der Waals surface area contributed by atoms with Crippen molar-refractivity contribution in [3.05, 3.63) is 47.4 Å². The van der Waals surface area contributed by atoms with E-state index in [9.17, 15) is 4.79 Å². The van der Waals surface area contributed by atoms with E-state index in [0.29, 0.717) is 18.2 Å². The second kappa shape index (κ2) is 5.60. The minimum Gasteiger partial charge on any atom is -0.362 e. The summed E-state index contributed by atoms with van der Waals surface area (Å²) in [5, 5.41) is 2.98. The summed E-state index contributed by atoms with van der Waals surface area (Å²) in [6.07, 6.45) is 5.98. The molecule has 5 nitrogen and oxygen atoms in total. The van der Waals surface area contributed by atoms with Crippen LogP contribution in [0.3, 0.4) is 0 Å². The van der Waals surface area contributed by atoms with Crippen molar-refractivity contribution >= 4 is 11.7 Å². The third kappa shape index (κ3) is 2.91. The van der Waals surface area contributed by atoms with Gasteiger partial charge in [-0.05, 0) is 36.5 Å². The van der Waals surface area contributed by atoms with Gasteiger partial charge in [0, 0.05) is 38.6 Å². The Bertz CT molecular complexity index is 643. The van der Waals surface area contributed by atoms with Gasteiger partial charge in [-0.1, -0.05) is 6.07 Å². The summed E-state index contributed by atoms with van der Waals surface area (Å²) in [7, 11) is 3.90. The first-order valence-corrected chi connectivity index (χ1v) is 7.23.